The van der Waals surface area contributed by atoms with Gasteiger partial charge in [0.2, 0.25) is 5.91 Å². The van der Waals surface area contributed by atoms with Crippen molar-refractivity contribution >= 4 is 34.3 Å². The number of ether oxygens (including phenoxy) is 3. The first-order chi connectivity index (χ1) is 14.1. The third-order valence-electron chi connectivity index (χ3n) is 4.46. The Balaban J connectivity index is 1.75. The number of benzene rings is 2. The van der Waals surface area contributed by atoms with E-state index in [0.29, 0.717) is 17.2 Å². The zero-order valence-electron chi connectivity index (χ0n) is 16.9. The van der Waals surface area contributed by atoms with Gasteiger partial charge < -0.3 is 19.5 Å². The van der Waals surface area contributed by atoms with Crippen molar-refractivity contribution in [3.63, 3.8) is 0 Å². The highest BCUT2D eigenvalue weighted by Crippen LogP contribution is 2.30. The highest BCUT2D eigenvalue weighted by atomic mass is 32.2. The van der Waals surface area contributed by atoms with Crippen molar-refractivity contribution in [1.29, 1.82) is 0 Å². The lowest BCUT2D eigenvalue weighted by molar-refractivity contribution is -0.113. The molecular weight excluding hydrogens is 388 g/mol. The molecule has 0 aliphatic carbocycles. The van der Waals surface area contributed by atoms with Gasteiger partial charge in [-0.1, -0.05) is 18.7 Å². The molecule has 0 aliphatic heterocycles. The number of hydrogen-bond donors (Lipinski definition) is 1. The third-order valence-corrected chi connectivity index (χ3v) is 5.50. The van der Waals surface area contributed by atoms with Crippen molar-refractivity contribution < 1.29 is 19.0 Å². The number of nitrogens with zero attached hydrogens (tertiary/aromatic N) is 1. The van der Waals surface area contributed by atoms with Crippen LogP contribution in [0.3, 0.4) is 0 Å². The fourth-order valence-corrected chi connectivity index (χ4v) is 3.81. The number of hydrogen-bond acceptors (Lipinski definition) is 6. The number of anilines is 1. The summed E-state index contributed by atoms with van der Waals surface area (Å²) in [5.74, 6) is 2.13. The first-order valence-electron chi connectivity index (χ1n) is 9.20. The number of rotatable bonds is 8. The molecule has 7 heteroatoms. The number of methoxy groups -OCH3 is 3. The van der Waals surface area contributed by atoms with Gasteiger partial charge in [-0.05, 0) is 48.4 Å². The van der Waals surface area contributed by atoms with Crippen LogP contribution in [-0.2, 0) is 11.2 Å². The minimum atomic E-state index is -0.139. The second kappa shape index (κ2) is 9.52. The SMILES string of the molecule is CCc1cc2cc(OC)ccc2nc1SCC(=O)Nc1cc(OC)ccc1OC. The minimum Gasteiger partial charge on any atom is -0.497 e. The zero-order valence-corrected chi connectivity index (χ0v) is 17.8. The van der Waals surface area contributed by atoms with Crippen LogP contribution in [0.5, 0.6) is 17.2 Å². The molecule has 152 valence electrons. The highest BCUT2D eigenvalue weighted by Gasteiger charge is 2.13. The number of nitrogens with one attached hydrogen (secondary N) is 1. The smallest absolute Gasteiger partial charge is 0.234 e. The van der Waals surface area contributed by atoms with Crippen molar-refractivity contribution in [2.24, 2.45) is 0 Å². The van der Waals surface area contributed by atoms with Gasteiger partial charge in [0.1, 0.15) is 22.3 Å². The monoisotopic (exact) mass is 412 g/mol. The van der Waals surface area contributed by atoms with Gasteiger partial charge in [-0.3, -0.25) is 4.79 Å². The number of thioether (sulfide) groups is 1. The van der Waals surface area contributed by atoms with Crippen molar-refractivity contribution in [3.8, 4) is 17.2 Å². The summed E-state index contributed by atoms with van der Waals surface area (Å²) in [6.07, 6.45) is 0.827. The molecule has 6 nitrogen and oxygen atoms in total. The van der Waals surface area contributed by atoms with E-state index in [4.69, 9.17) is 19.2 Å². The number of aromatic nitrogens is 1. The van der Waals surface area contributed by atoms with Gasteiger partial charge in [0.05, 0.1) is 38.3 Å². The van der Waals surface area contributed by atoms with Gasteiger partial charge in [0, 0.05) is 11.5 Å². The molecule has 2 aromatic carbocycles. The van der Waals surface area contributed by atoms with Gasteiger partial charge in [0.15, 0.2) is 0 Å². The van der Waals surface area contributed by atoms with Gasteiger partial charge in [-0.2, -0.15) is 0 Å². The molecule has 0 spiro atoms. The Hall–Kier alpha value is -2.93. The molecular formula is C22H24N2O4S. The molecule has 3 rings (SSSR count). The molecule has 1 N–H and O–H groups in total. The number of aryl methyl sites for hydroxylation is 1. The molecule has 0 atom stereocenters. The van der Waals surface area contributed by atoms with Crippen LogP contribution in [0.25, 0.3) is 10.9 Å². The molecule has 0 saturated carbocycles. The Bertz CT molecular complexity index is 1020. The normalized spacial score (nSPS) is 10.6. The van der Waals surface area contributed by atoms with Crippen LogP contribution < -0.4 is 19.5 Å². The van der Waals surface area contributed by atoms with Crippen LogP contribution in [0.4, 0.5) is 5.69 Å². The van der Waals surface area contributed by atoms with E-state index < -0.39 is 0 Å². The quantitative estimate of drug-likeness (QED) is 0.547. The average molecular weight is 413 g/mol. The van der Waals surface area contributed by atoms with E-state index >= 15 is 0 Å². The molecule has 0 saturated heterocycles. The largest absolute Gasteiger partial charge is 0.497 e. The summed E-state index contributed by atoms with van der Waals surface area (Å²) in [5.41, 5.74) is 2.55. The third kappa shape index (κ3) is 4.92. The van der Waals surface area contributed by atoms with Crippen LogP contribution in [0.2, 0.25) is 0 Å². The molecule has 1 amide bonds. The van der Waals surface area contributed by atoms with E-state index in [1.807, 2.05) is 18.2 Å². The number of carbonyl (C=O) groups excluding carboxylic acids is 1. The van der Waals surface area contributed by atoms with E-state index in [1.54, 1.807) is 39.5 Å². The van der Waals surface area contributed by atoms with Crippen LogP contribution in [0.15, 0.2) is 47.5 Å². The molecule has 0 aliphatic rings. The van der Waals surface area contributed by atoms with E-state index in [9.17, 15) is 4.79 Å². The lowest BCUT2D eigenvalue weighted by Gasteiger charge is -2.12. The van der Waals surface area contributed by atoms with Crippen LogP contribution in [0.1, 0.15) is 12.5 Å². The maximum Gasteiger partial charge on any atom is 0.234 e. The van der Waals surface area contributed by atoms with Crippen molar-refractivity contribution in [1.82, 2.24) is 4.98 Å². The fraction of sp³-hybridized carbons (Fsp3) is 0.273. The lowest BCUT2D eigenvalue weighted by atomic mass is 10.1. The summed E-state index contributed by atoms with van der Waals surface area (Å²) < 4.78 is 15.8. The first-order valence-corrected chi connectivity index (χ1v) is 10.2. The standard InChI is InChI=1S/C22H24N2O4S/c1-5-14-10-15-11-16(26-2)6-8-18(15)24-22(14)29-13-21(25)23-19-12-17(27-3)7-9-20(19)28-4/h6-12H,5,13H2,1-4H3,(H,23,25). The Morgan fingerprint density at radius 3 is 2.41 bits per heavy atom. The predicted molar refractivity (Wildman–Crippen MR) is 117 cm³/mol. The van der Waals surface area contributed by atoms with Gasteiger partial charge in [-0.15, -0.1) is 0 Å². The van der Waals surface area contributed by atoms with Gasteiger partial charge in [-0.25, -0.2) is 4.98 Å². The Morgan fingerprint density at radius 2 is 1.72 bits per heavy atom. The Labute approximate surface area is 174 Å². The van der Waals surface area contributed by atoms with Crippen LogP contribution in [0, 0.1) is 0 Å². The number of amides is 1. The minimum absolute atomic E-state index is 0.139. The summed E-state index contributed by atoms with van der Waals surface area (Å²) >= 11 is 1.42. The number of carbonyl (C=O) groups is 1. The topological polar surface area (TPSA) is 69.7 Å². The molecule has 0 fully saturated rings. The summed E-state index contributed by atoms with van der Waals surface area (Å²) in [4.78, 5) is 17.3. The van der Waals surface area contributed by atoms with Crippen molar-refractivity contribution in [3.05, 3.63) is 48.0 Å². The van der Waals surface area contributed by atoms with Gasteiger partial charge >= 0.3 is 0 Å². The average Bonchev–Trinajstić information content (AvgIpc) is 2.76. The molecule has 0 bridgehead atoms. The second-order valence-corrected chi connectivity index (χ2v) is 7.23. The van der Waals surface area contributed by atoms with E-state index in [0.717, 1.165) is 33.7 Å². The number of pyridine rings is 1. The highest BCUT2D eigenvalue weighted by molar-refractivity contribution is 8.00. The molecule has 1 heterocycles. The second-order valence-electron chi connectivity index (χ2n) is 6.27. The molecule has 3 aromatic rings. The Kier molecular flexibility index (Phi) is 6.82. The summed E-state index contributed by atoms with van der Waals surface area (Å²) in [5, 5.41) is 4.77. The maximum atomic E-state index is 12.5. The van der Waals surface area contributed by atoms with Crippen molar-refractivity contribution in [2.75, 3.05) is 32.4 Å². The predicted octanol–water partition coefficient (Wildman–Crippen LogP) is 4.55. The van der Waals surface area contributed by atoms with E-state index in [1.165, 1.54) is 11.8 Å². The van der Waals surface area contributed by atoms with Crippen LogP contribution in [-0.4, -0.2) is 38.0 Å². The zero-order chi connectivity index (χ0) is 20.8. The molecule has 0 radical (unpaired) electrons. The molecule has 29 heavy (non-hydrogen) atoms. The number of fused-ring (bicyclic) bond motifs is 1. The maximum absolute atomic E-state index is 12.5. The molecule has 1 aromatic heterocycles. The summed E-state index contributed by atoms with van der Waals surface area (Å²) in [6.45, 7) is 2.08. The summed E-state index contributed by atoms with van der Waals surface area (Å²) in [6, 6.07) is 13.2. The first kappa shape index (κ1) is 20.8. The summed E-state index contributed by atoms with van der Waals surface area (Å²) in [7, 11) is 4.79. The Morgan fingerprint density at radius 1 is 1.00 bits per heavy atom. The van der Waals surface area contributed by atoms with Gasteiger partial charge in [0.25, 0.3) is 0 Å². The van der Waals surface area contributed by atoms with Crippen molar-refractivity contribution in [2.45, 2.75) is 18.4 Å². The van der Waals surface area contributed by atoms with Crippen LogP contribution >= 0.6 is 11.8 Å². The fourth-order valence-electron chi connectivity index (χ4n) is 2.92. The lowest BCUT2D eigenvalue weighted by Crippen LogP contribution is -2.15. The van der Waals surface area contributed by atoms with E-state index in [2.05, 4.69) is 18.3 Å². The van der Waals surface area contributed by atoms with E-state index in [-0.39, 0.29) is 11.7 Å². The molecule has 0 unspecified atom stereocenters.